The lowest BCUT2D eigenvalue weighted by molar-refractivity contribution is -0.142. The molecule has 8 bridgehead atoms. The van der Waals surface area contributed by atoms with Crippen LogP contribution in [0, 0.1) is 20.8 Å². The van der Waals surface area contributed by atoms with Crippen LogP contribution in [0.4, 0.5) is 0 Å². The van der Waals surface area contributed by atoms with Gasteiger partial charge in [-0.3, -0.25) is 9.59 Å². The SMILES string of the molecule is C=Cc1c(C)c2cc3[nH]c(cc4nc(cc5nc(cc1[nH]2)C(C)=C5CCC(=O)NCCCCn1ccnc1C)C(CCC(=O)OCC)=C4C)c(C)c3C=C. The van der Waals surface area contributed by atoms with Crippen LogP contribution >= 0.6 is 0 Å². The van der Waals surface area contributed by atoms with Crippen molar-refractivity contribution < 1.29 is 14.3 Å². The second kappa shape index (κ2) is 16.5. The van der Waals surface area contributed by atoms with E-state index >= 15 is 0 Å². The lowest BCUT2D eigenvalue weighted by atomic mass is 9.98. The van der Waals surface area contributed by atoms with Gasteiger partial charge in [-0.15, -0.1) is 0 Å². The van der Waals surface area contributed by atoms with Crippen LogP contribution < -0.4 is 5.32 Å². The maximum absolute atomic E-state index is 13.1. The zero-order chi connectivity index (χ0) is 38.5. The molecule has 1 amide bonds. The fourth-order valence-corrected chi connectivity index (χ4v) is 7.36. The number of ether oxygens (including phenoxy) is 1. The summed E-state index contributed by atoms with van der Waals surface area (Å²) >= 11 is 0. The molecule has 4 aromatic rings. The van der Waals surface area contributed by atoms with E-state index in [1.54, 1.807) is 0 Å². The van der Waals surface area contributed by atoms with Crippen molar-refractivity contribution >= 4 is 68.4 Å². The number of imidazole rings is 1. The number of carbonyl (C=O) groups excluding carboxylic acids is 2. The Morgan fingerprint density at radius 1 is 0.778 bits per heavy atom. The number of aromatic nitrogens is 6. The Balaban J connectivity index is 1.42. The number of nitrogens with zero attached hydrogens (tertiary/aromatic N) is 4. The molecule has 2 aliphatic heterocycles. The maximum atomic E-state index is 13.1. The van der Waals surface area contributed by atoms with Gasteiger partial charge in [0, 0.05) is 71.5 Å². The fourth-order valence-electron chi connectivity index (χ4n) is 7.36. The Bertz CT molecular complexity index is 2370. The molecule has 4 aromatic heterocycles. The molecule has 10 nitrogen and oxygen atoms in total. The molecule has 6 rings (SSSR count). The van der Waals surface area contributed by atoms with E-state index < -0.39 is 0 Å². The van der Waals surface area contributed by atoms with Gasteiger partial charge in [0.15, 0.2) is 0 Å². The zero-order valence-corrected chi connectivity index (χ0v) is 32.4. The van der Waals surface area contributed by atoms with E-state index in [0.29, 0.717) is 32.4 Å². The van der Waals surface area contributed by atoms with Crippen LogP contribution in [0.25, 0.3) is 56.5 Å². The van der Waals surface area contributed by atoms with E-state index in [1.165, 1.54) is 0 Å². The summed E-state index contributed by atoms with van der Waals surface area (Å²) in [5.41, 5.74) is 15.0. The smallest absolute Gasteiger partial charge is 0.306 e. The first-order valence-electron chi connectivity index (χ1n) is 18.8. The van der Waals surface area contributed by atoms with E-state index in [2.05, 4.69) is 83.9 Å². The second-order valence-corrected chi connectivity index (χ2v) is 14.0. The van der Waals surface area contributed by atoms with E-state index in [0.717, 1.165) is 115 Å². The number of amides is 1. The quantitative estimate of drug-likeness (QED) is 0.0878. The number of esters is 1. The number of fused-ring (bicyclic) bond motifs is 8. The van der Waals surface area contributed by atoms with Gasteiger partial charge in [-0.2, -0.15) is 0 Å². The molecule has 280 valence electrons. The molecular formula is C44H51N7O3. The van der Waals surface area contributed by atoms with Crippen LogP contribution in [-0.2, 0) is 20.9 Å². The minimum atomic E-state index is -0.245. The topological polar surface area (TPSA) is 131 Å². The van der Waals surface area contributed by atoms with Crippen molar-refractivity contribution in [3.8, 4) is 0 Å². The number of aryl methyl sites for hydroxylation is 4. The van der Waals surface area contributed by atoms with Crippen molar-refractivity contribution in [2.75, 3.05) is 13.2 Å². The lowest BCUT2D eigenvalue weighted by Gasteiger charge is -2.08. The highest BCUT2D eigenvalue weighted by atomic mass is 16.5. The number of carbonyl (C=O) groups is 2. The molecular weight excluding hydrogens is 675 g/mol. The summed E-state index contributed by atoms with van der Waals surface area (Å²) in [7, 11) is 0. The first kappa shape index (κ1) is 38.0. The summed E-state index contributed by atoms with van der Waals surface area (Å²) in [6.07, 6.45) is 10.9. The van der Waals surface area contributed by atoms with Crippen molar-refractivity contribution in [1.82, 2.24) is 34.8 Å². The van der Waals surface area contributed by atoms with E-state index in [4.69, 9.17) is 14.7 Å². The highest BCUT2D eigenvalue weighted by molar-refractivity contribution is 5.97. The van der Waals surface area contributed by atoms with Gasteiger partial charge in [-0.25, -0.2) is 15.0 Å². The summed E-state index contributed by atoms with van der Waals surface area (Å²) in [6.45, 7) is 22.2. The van der Waals surface area contributed by atoms with E-state index in [9.17, 15) is 9.59 Å². The number of allylic oxidation sites excluding steroid dienone is 4. The molecule has 3 N–H and O–H groups in total. The summed E-state index contributed by atoms with van der Waals surface area (Å²) in [5, 5.41) is 3.11. The molecule has 2 aliphatic rings. The van der Waals surface area contributed by atoms with Gasteiger partial charge >= 0.3 is 5.97 Å². The minimum Gasteiger partial charge on any atom is -0.466 e. The van der Waals surface area contributed by atoms with Crippen LogP contribution in [0.3, 0.4) is 0 Å². The monoisotopic (exact) mass is 725 g/mol. The number of rotatable bonds is 14. The second-order valence-electron chi connectivity index (χ2n) is 14.0. The number of hydrogen-bond acceptors (Lipinski definition) is 6. The lowest BCUT2D eigenvalue weighted by Crippen LogP contribution is -2.24. The largest absolute Gasteiger partial charge is 0.466 e. The van der Waals surface area contributed by atoms with Crippen molar-refractivity contribution in [3.63, 3.8) is 0 Å². The predicted molar refractivity (Wildman–Crippen MR) is 220 cm³/mol. The maximum Gasteiger partial charge on any atom is 0.306 e. The fraction of sp³-hybridized carbons (Fsp3) is 0.341. The normalized spacial score (nSPS) is 12.7. The van der Waals surface area contributed by atoms with Gasteiger partial charge < -0.3 is 24.6 Å². The Morgan fingerprint density at radius 3 is 1.93 bits per heavy atom. The van der Waals surface area contributed by atoms with Crippen molar-refractivity contribution in [1.29, 1.82) is 0 Å². The highest BCUT2D eigenvalue weighted by Crippen LogP contribution is 2.38. The van der Waals surface area contributed by atoms with Gasteiger partial charge in [0.1, 0.15) is 5.82 Å². The van der Waals surface area contributed by atoms with Crippen LogP contribution in [0.1, 0.15) is 110 Å². The van der Waals surface area contributed by atoms with Gasteiger partial charge in [-0.1, -0.05) is 25.3 Å². The molecule has 54 heavy (non-hydrogen) atoms. The third kappa shape index (κ3) is 7.93. The Labute approximate surface area is 317 Å². The minimum absolute atomic E-state index is 0.00656. The Morgan fingerprint density at radius 2 is 1.35 bits per heavy atom. The first-order chi connectivity index (χ1) is 26.0. The molecule has 0 aliphatic carbocycles. The Hall–Kier alpha value is -5.77. The van der Waals surface area contributed by atoms with Gasteiger partial charge in [0.25, 0.3) is 0 Å². The molecule has 10 heteroatoms. The third-order valence-corrected chi connectivity index (χ3v) is 10.6. The molecule has 0 saturated heterocycles. The van der Waals surface area contributed by atoms with Crippen molar-refractivity contribution in [2.45, 2.75) is 86.6 Å². The molecule has 0 radical (unpaired) electrons. The number of nitrogens with one attached hydrogen (secondary N) is 3. The molecule has 0 atom stereocenters. The first-order valence-corrected chi connectivity index (χ1v) is 18.8. The summed E-state index contributed by atoms with van der Waals surface area (Å²) < 4.78 is 7.41. The van der Waals surface area contributed by atoms with Crippen molar-refractivity contribution in [3.05, 3.63) is 101 Å². The summed E-state index contributed by atoms with van der Waals surface area (Å²) in [6, 6.07) is 8.26. The average Bonchev–Trinajstić information content (AvgIpc) is 3.91. The van der Waals surface area contributed by atoms with Gasteiger partial charge in [-0.05, 0) is 125 Å². The number of unbranched alkanes of at least 4 members (excludes halogenated alkanes) is 1. The molecule has 0 aromatic carbocycles. The van der Waals surface area contributed by atoms with E-state index in [-0.39, 0.29) is 18.3 Å². The van der Waals surface area contributed by atoms with Crippen LogP contribution in [0.15, 0.2) is 49.8 Å². The number of hydrogen-bond donors (Lipinski definition) is 3. The molecule has 0 saturated carbocycles. The van der Waals surface area contributed by atoms with Crippen LogP contribution in [0.5, 0.6) is 0 Å². The van der Waals surface area contributed by atoms with E-state index in [1.807, 2.05) is 44.5 Å². The summed E-state index contributed by atoms with van der Waals surface area (Å²) in [4.78, 5) is 47.5. The molecule has 0 unspecified atom stereocenters. The molecule has 0 fully saturated rings. The average molecular weight is 726 g/mol. The van der Waals surface area contributed by atoms with Crippen molar-refractivity contribution in [2.24, 2.45) is 0 Å². The Kier molecular flexibility index (Phi) is 11.6. The number of aromatic amines is 2. The van der Waals surface area contributed by atoms with Crippen LogP contribution in [-0.4, -0.2) is 54.5 Å². The highest BCUT2D eigenvalue weighted by Gasteiger charge is 2.23. The van der Waals surface area contributed by atoms with Crippen LogP contribution in [0.2, 0.25) is 0 Å². The third-order valence-electron chi connectivity index (χ3n) is 10.6. The molecule has 0 spiro atoms. The predicted octanol–water partition coefficient (Wildman–Crippen LogP) is 9.30. The number of H-pyrrole nitrogens is 2. The van der Waals surface area contributed by atoms with Gasteiger partial charge in [0.05, 0.1) is 29.4 Å². The standard InChI is InChI=1S/C44H51N7O3/c1-9-31-26(4)35-22-36-29(7)34(15-17-44(53)54-11-3)42(49-36)25-41-33(14-16-43(52)46-18-12-13-20-51-21-19-45-30(51)8)28(6)38(50-41)24-40-32(10-2)27(5)37(48-40)23-39(31)47-35/h9-10,19,21-25,47-48H,1-2,11-18,20H2,3-8H3,(H,46,52). The van der Waals surface area contributed by atoms with Gasteiger partial charge in [0.2, 0.25) is 5.91 Å². The molecule has 6 heterocycles. The summed E-state index contributed by atoms with van der Waals surface area (Å²) in [5.74, 6) is 0.757. The zero-order valence-electron chi connectivity index (χ0n) is 32.4.